The topological polar surface area (TPSA) is 23.5 Å². The van der Waals surface area contributed by atoms with Crippen molar-refractivity contribution in [3.63, 3.8) is 0 Å². The van der Waals surface area contributed by atoms with Gasteiger partial charge in [-0.1, -0.05) is 60.7 Å². The lowest BCUT2D eigenvalue weighted by Gasteiger charge is -2.35. The Morgan fingerprint density at radius 2 is 1.22 bits per heavy atom. The molecule has 2 rings (SSSR count). The Balaban J connectivity index is 2.17. The van der Waals surface area contributed by atoms with Gasteiger partial charge in [-0.25, -0.2) is 8.78 Å². The second-order valence-corrected chi connectivity index (χ2v) is 6.28. The van der Waals surface area contributed by atoms with Gasteiger partial charge in [0.25, 0.3) is 5.92 Å². The fourth-order valence-corrected chi connectivity index (χ4v) is 2.43. The van der Waals surface area contributed by atoms with Crippen molar-refractivity contribution in [2.24, 2.45) is 0 Å². The van der Waals surface area contributed by atoms with Crippen LogP contribution in [0.15, 0.2) is 60.7 Å². The molecule has 1 unspecified atom stereocenters. The minimum atomic E-state index is -3.17. The Labute approximate surface area is 136 Å². The average molecular weight is 319 g/mol. The molecule has 0 aliphatic carbocycles. The first-order chi connectivity index (χ1) is 10.8. The number of benzene rings is 2. The van der Waals surface area contributed by atoms with E-state index in [1.807, 2.05) is 65.6 Å². The zero-order valence-electron chi connectivity index (χ0n) is 13.5. The van der Waals surface area contributed by atoms with E-state index in [1.54, 1.807) is 0 Å². The summed E-state index contributed by atoms with van der Waals surface area (Å²) < 4.78 is 27.3. The van der Waals surface area contributed by atoms with Crippen LogP contribution in [-0.2, 0) is 13.1 Å². The summed E-state index contributed by atoms with van der Waals surface area (Å²) in [6, 6.07) is 19.3. The molecule has 0 aliphatic rings. The lowest BCUT2D eigenvalue weighted by atomic mass is 9.98. The van der Waals surface area contributed by atoms with Gasteiger partial charge in [-0.05, 0) is 18.1 Å². The van der Waals surface area contributed by atoms with Crippen molar-refractivity contribution in [1.82, 2.24) is 4.90 Å². The van der Waals surface area contributed by atoms with Crippen LogP contribution in [-0.4, -0.2) is 28.1 Å². The molecule has 0 aromatic heterocycles. The van der Waals surface area contributed by atoms with Crippen LogP contribution in [0.5, 0.6) is 0 Å². The maximum atomic E-state index is 13.7. The van der Waals surface area contributed by atoms with Crippen molar-refractivity contribution in [1.29, 1.82) is 0 Å². The standard InChI is InChI=1S/C19H23F2NO/c1-18(23,19(2,20)21)15-22(13-16-9-5-3-6-10-16)14-17-11-7-4-8-12-17/h3-12,23H,13-15H2,1-2H3. The van der Waals surface area contributed by atoms with E-state index in [4.69, 9.17) is 0 Å². The number of hydrogen-bond acceptors (Lipinski definition) is 2. The zero-order chi connectivity index (χ0) is 16.9. The van der Waals surface area contributed by atoms with E-state index in [0.717, 1.165) is 18.1 Å². The van der Waals surface area contributed by atoms with Crippen molar-refractivity contribution in [2.45, 2.75) is 38.5 Å². The third-order valence-electron chi connectivity index (χ3n) is 3.98. The fraction of sp³-hybridized carbons (Fsp3) is 0.368. The van der Waals surface area contributed by atoms with Gasteiger partial charge in [-0.3, -0.25) is 4.90 Å². The van der Waals surface area contributed by atoms with E-state index in [-0.39, 0.29) is 6.54 Å². The molecule has 0 amide bonds. The van der Waals surface area contributed by atoms with Gasteiger partial charge in [0.1, 0.15) is 5.60 Å². The average Bonchev–Trinajstić information content (AvgIpc) is 2.47. The third kappa shape index (κ3) is 5.12. The zero-order valence-corrected chi connectivity index (χ0v) is 13.5. The van der Waals surface area contributed by atoms with Crippen molar-refractivity contribution < 1.29 is 13.9 Å². The summed E-state index contributed by atoms with van der Waals surface area (Å²) in [5.41, 5.74) is -0.0337. The van der Waals surface area contributed by atoms with Crippen LogP contribution < -0.4 is 0 Å². The summed E-state index contributed by atoms with van der Waals surface area (Å²) in [5.74, 6) is -3.17. The van der Waals surface area contributed by atoms with Gasteiger partial charge in [-0.15, -0.1) is 0 Å². The molecule has 0 fully saturated rings. The highest BCUT2D eigenvalue weighted by molar-refractivity contribution is 5.17. The Kier molecular flexibility index (Phi) is 5.50. The minimum Gasteiger partial charge on any atom is -0.383 e. The van der Waals surface area contributed by atoms with Crippen molar-refractivity contribution >= 4 is 0 Å². The van der Waals surface area contributed by atoms with Crippen LogP contribution in [0.4, 0.5) is 8.78 Å². The summed E-state index contributed by atoms with van der Waals surface area (Å²) in [5, 5.41) is 10.2. The second kappa shape index (κ2) is 7.20. The van der Waals surface area contributed by atoms with Crippen molar-refractivity contribution in [3.05, 3.63) is 71.8 Å². The molecule has 2 aromatic carbocycles. The van der Waals surface area contributed by atoms with E-state index in [0.29, 0.717) is 13.1 Å². The first kappa shape index (κ1) is 17.6. The number of rotatable bonds is 7. The first-order valence-electron chi connectivity index (χ1n) is 7.68. The second-order valence-electron chi connectivity index (χ2n) is 6.28. The van der Waals surface area contributed by atoms with Gasteiger partial charge < -0.3 is 5.11 Å². The molecule has 0 aliphatic heterocycles. The maximum absolute atomic E-state index is 13.7. The largest absolute Gasteiger partial charge is 0.383 e. The molecular weight excluding hydrogens is 296 g/mol. The van der Waals surface area contributed by atoms with Crippen LogP contribution in [0, 0.1) is 0 Å². The highest BCUT2D eigenvalue weighted by Gasteiger charge is 2.45. The van der Waals surface area contributed by atoms with E-state index in [9.17, 15) is 13.9 Å². The van der Waals surface area contributed by atoms with E-state index < -0.39 is 11.5 Å². The Morgan fingerprint density at radius 3 is 1.57 bits per heavy atom. The van der Waals surface area contributed by atoms with E-state index >= 15 is 0 Å². The van der Waals surface area contributed by atoms with Gasteiger partial charge in [0, 0.05) is 26.6 Å². The monoisotopic (exact) mass is 319 g/mol. The molecule has 4 heteroatoms. The minimum absolute atomic E-state index is 0.111. The normalized spacial score (nSPS) is 14.7. The highest BCUT2D eigenvalue weighted by Crippen LogP contribution is 2.29. The van der Waals surface area contributed by atoms with Gasteiger partial charge in [-0.2, -0.15) is 0 Å². The first-order valence-corrected chi connectivity index (χ1v) is 7.68. The van der Waals surface area contributed by atoms with Gasteiger partial charge in [0.05, 0.1) is 0 Å². The van der Waals surface area contributed by atoms with Crippen LogP contribution in [0.1, 0.15) is 25.0 Å². The molecule has 0 heterocycles. The Hall–Kier alpha value is -1.78. The van der Waals surface area contributed by atoms with E-state index in [1.165, 1.54) is 6.92 Å². The number of halogens is 2. The van der Waals surface area contributed by atoms with Crippen LogP contribution in [0.25, 0.3) is 0 Å². The number of aliphatic hydroxyl groups is 1. The summed E-state index contributed by atoms with van der Waals surface area (Å²) in [4.78, 5) is 1.85. The Morgan fingerprint density at radius 1 is 0.826 bits per heavy atom. The predicted molar refractivity (Wildman–Crippen MR) is 88.2 cm³/mol. The SMILES string of the molecule is CC(F)(F)C(C)(O)CN(Cc1ccccc1)Cc1ccccc1. The summed E-state index contributed by atoms with van der Waals surface area (Å²) in [6.07, 6.45) is 0. The van der Waals surface area contributed by atoms with Gasteiger partial charge in [0.15, 0.2) is 0 Å². The molecular formula is C19H23F2NO. The third-order valence-corrected chi connectivity index (χ3v) is 3.98. The number of nitrogens with zero attached hydrogens (tertiary/aromatic N) is 1. The van der Waals surface area contributed by atoms with Gasteiger partial charge in [0.2, 0.25) is 0 Å². The molecule has 124 valence electrons. The smallest absolute Gasteiger partial charge is 0.274 e. The van der Waals surface area contributed by atoms with Crippen LogP contribution >= 0.6 is 0 Å². The van der Waals surface area contributed by atoms with Crippen LogP contribution in [0.3, 0.4) is 0 Å². The lowest BCUT2D eigenvalue weighted by Crippen LogP contribution is -2.51. The van der Waals surface area contributed by atoms with Crippen molar-refractivity contribution in [2.75, 3.05) is 6.54 Å². The Bertz CT molecular complexity index is 552. The molecule has 2 nitrogen and oxygen atoms in total. The maximum Gasteiger partial charge on any atom is 0.274 e. The van der Waals surface area contributed by atoms with Crippen molar-refractivity contribution in [3.8, 4) is 0 Å². The molecule has 1 N–H and O–H groups in total. The molecule has 0 spiro atoms. The molecule has 2 aromatic rings. The molecule has 23 heavy (non-hydrogen) atoms. The molecule has 0 radical (unpaired) electrons. The quantitative estimate of drug-likeness (QED) is 0.831. The molecule has 0 saturated carbocycles. The van der Waals surface area contributed by atoms with Gasteiger partial charge >= 0.3 is 0 Å². The summed E-state index contributed by atoms with van der Waals surface area (Å²) in [6.45, 7) is 2.84. The molecule has 0 bridgehead atoms. The van der Waals surface area contributed by atoms with Crippen LogP contribution in [0.2, 0.25) is 0 Å². The summed E-state index contributed by atoms with van der Waals surface area (Å²) >= 11 is 0. The molecule has 0 saturated heterocycles. The van der Waals surface area contributed by atoms with E-state index in [2.05, 4.69) is 0 Å². The fourth-order valence-electron chi connectivity index (χ4n) is 2.43. The predicted octanol–water partition coefficient (Wildman–Crippen LogP) is 4.10. The number of alkyl halides is 2. The summed E-state index contributed by atoms with van der Waals surface area (Å²) in [7, 11) is 0. The molecule has 1 atom stereocenters. The highest BCUT2D eigenvalue weighted by atomic mass is 19.3. The number of hydrogen-bond donors (Lipinski definition) is 1. The lowest BCUT2D eigenvalue weighted by molar-refractivity contribution is -0.170.